The quantitative estimate of drug-likeness (QED) is 0.503. The smallest absolute Gasteiger partial charge is 0.414 e. The summed E-state index contributed by atoms with van der Waals surface area (Å²) in [4.78, 5) is 23.2. The number of anilines is 3. The van der Waals surface area contributed by atoms with Gasteiger partial charge in [0.25, 0.3) is 0 Å². The maximum Gasteiger partial charge on any atom is 0.414 e. The van der Waals surface area contributed by atoms with Crippen molar-refractivity contribution in [3.8, 4) is 17.3 Å². The van der Waals surface area contributed by atoms with Crippen molar-refractivity contribution in [3.63, 3.8) is 0 Å². The first kappa shape index (κ1) is 24.2. The van der Waals surface area contributed by atoms with Crippen molar-refractivity contribution in [2.24, 2.45) is 0 Å². The summed E-state index contributed by atoms with van der Waals surface area (Å²) < 4.78 is 12.4. The molecule has 0 saturated heterocycles. The van der Waals surface area contributed by atoms with Crippen LogP contribution in [-0.2, 0) is 22.4 Å². The number of fused-ring (bicyclic) bond motifs is 1. The Labute approximate surface area is 204 Å². The third kappa shape index (κ3) is 5.75. The molecule has 1 aromatic carbocycles. The van der Waals surface area contributed by atoms with Gasteiger partial charge in [-0.05, 0) is 57.4 Å². The molecule has 0 bridgehead atoms. The lowest BCUT2D eigenvalue weighted by molar-refractivity contribution is 0.0584. The van der Waals surface area contributed by atoms with Crippen molar-refractivity contribution >= 4 is 23.5 Å². The third-order valence-corrected chi connectivity index (χ3v) is 5.37. The summed E-state index contributed by atoms with van der Waals surface area (Å²) in [6.45, 7) is 7.36. The molecule has 3 aromatic rings. The lowest BCUT2D eigenvalue weighted by Gasteiger charge is -2.25. The van der Waals surface area contributed by atoms with Crippen LogP contribution in [0.1, 0.15) is 38.3 Å². The Morgan fingerprint density at radius 1 is 1.29 bits per heavy atom. The number of aromatic nitrogens is 4. The SMILES string of the molecule is COCCCn1ccc(Nc2nccc(-c3cc(C#N)c4c(c3)CCN4C(=O)OC(C)(C)C)n2)n1. The molecule has 1 amide bonds. The van der Waals surface area contributed by atoms with E-state index < -0.39 is 11.7 Å². The second-order valence-electron chi connectivity index (χ2n) is 9.23. The van der Waals surface area contributed by atoms with Crippen LogP contribution in [0.4, 0.5) is 22.2 Å². The number of aryl methyl sites for hydroxylation is 1. The van der Waals surface area contributed by atoms with E-state index in [9.17, 15) is 10.1 Å². The highest BCUT2D eigenvalue weighted by atomic mass is 16.6. The van der Waals surface area contributed by atoms with Gasteiger partial charge in [-0.1, -0.05) is 0 Å². The fraction of sp³-hybridized carbons (Fsp3) is 0.400. The number of hydrogen-bond donors (Lipinski definition) is 1. The highest BCUT2D eigenvalue weighted by Gasteiger charge is 2.31. The topological polar surface area (TPSA) is 118 Å². The summed E-state index contributed by atoms with van der Waals surface area (Å²) in [7, 11) is 1.68. The zero-order chi connectivity index (χ0) is 25.0. The molecule has 1 N–H and O–H groups in total. The highest BCUT2D eigenvalue weighted by Crippen LogP contribution is 2.36. The number of nitrogens with zero attached hydrogens (tertiary/aromatic N) is 6. The number of benzene rings is 1. The minimum absolute atomic E-state index is 0.402. The van der Waals surface area contributed by atoms with Crippen molar-refractivity contribution in [2.75, 3.05) is 30.5 Å². The molecule has 0 fully saturated rings. The zero-order valence-corrected chi connectivity index (χ0v) is 20.4. The fourth-order valence-corrected chi connectivity index (χ4v) is 3.90. The first-order valence-corrected chi connectivity index (χ1v) is 11.5. The third-order valence-electron chi connectivity index (χ3n) is 5.37. The first-order valence-electron chi connectivity index (χ1n) is 11.5. The van der Waals surface area contributed by atoms with Crippen molar-refractivity contribution in [1.82, 2.24) is 19.7 Å². The molecular weight excluding hydrogens is 446 g/mol. The van der Waals surface area contributed by atoms with Gasteiger partial charge in [0.1, 0.15) is 11.7 Å². The number of hydrogen-bond acceptors (Lipinski definition) is 8. The van der Waals surface area contributed by atoms with E-state index >= 15 is 0 Å². The van der Waals surface area contributed by atoms with Gasteiger partial charge in [-0.15, -0.1) is 0 Å². The second-order valence-corrected chi connectivity index (χ2v) is 9.23. The van der Waals surface area contributed by atoms with E-state index in [-0.39, 0.29) is 0 Å². The Bertz CT molecular complexity index is 1260. The van der Waals surface area contributed by atoms with Crippen molar-refractivity contribution in [3.05, 3.63) is 47.8 Å². The molecule has 3 heterocycles. The summed E-state index contributed by atoms with van der Waals surface area (Å²) in [5, 5.41) is 17.5. The predicted octanol–water partition coefficient (Wildman–Crippen LogP) is 4.29. The van der Waals surface area contributed by atoms with Gasteiger partial charge < -0.3 is 14.8 Å². The number of nitriles is 1. The van der Waals surface area contributed by atoms with Crippen LogP contribution in [0.5, 0.6) is 0 Å². The van der Waals surface area contributed by atoms with Crippen molar-refractivity contribution in [2.45, 2.75) is 45.8 Å². The van der Waals surface area contributed by atoms with Gasteiger partial charge in [-0.2, -0.15) is 10.4 Å². The van der Waals surface area contributed by atoms with Crippen LogP contribution in [-0.4, -0.2) is 51.7 Å². The molecule has 2 aromatic heterocycles. The molecule has 35 heavy (non-hydrogen) atoms. The monoisotopic (exact) mass is 475 g/mol. The fourth-order valence-electron chi connectivity index (χ4n) is 3.90. The minimum Gasteiger partial charge on any atom is -0.443 e. The van der Waals surface area contributed by atoms with Crippen LogP contribution in [0, 0.1) is 11.3 Å². The van der Waals surface area contributed by atoms with Crippen LogP contribution in [0.15, 0.2) is 36.7 Å². The van der Waals surface area contributed by atoms with E-state index in [0.29, 0.717) is 48.3 Å². The molecule has 10 heteroatoms. The number of ether oxygens (including phenoxy) is 2. The summed E-state index contributed by atoms with van der Waals surface area (Å²) in [5.74, 6) is 1.04. The average Bonchev–Trinajstić information content (AvgIpc) is 3.44. The second kappa shape index (κ2) is 10.1. The van der Waals surface area contributed by atoms with Gasteiger partial charge in [0.2, 0.25) is 5.95 Å². The molecular formula is C25H29N7O3. The van der Waals surface area contributed by atoms with Gasteiger partial charge in [0, 0.05) is 50.8 Å². The van der Waals surface area contributed by atoms with E-state index in [4.69, 9.17) is 9.47 Å². The van der Waals surface area contributed by atoms with E-state index in [1.165, 1.54) is 0 Å². The summed E-state index contributed by atoms with van der Waals surface area (Å²) in [5.41, 5.74) is 2.75. The van der Waals surface area contributed by atoms with Crippen LogP contribution in [0.25, 0.3) is 11.3 Å². The molecule has 1 aliphatic heterocycles. The average molecular weight is 476 g/mol. The van der Waals surface area contributed by atoms with E-state index in [1.807, 2.05) is 43.8 Å². The Kier molecular flexibility index (Phi) is 6.98. The van der Waals surface area contributed by atoms with Gasteiger partial charge in [-0.25, -0.2) is 14.8 Å². The highest BCUT2D eigenvalue weighted by molar-refractivity contribution is 5.93. The van der Waals surface area contributed by atoms with Crippen LogP contribution in [0.3, 0.4) is 0 Å². The molecule has 1 aliphatic rings. The number of rotatable bonds is 7. The lowest BCUT2D eigenvalue weighted by Crippen LogP contribution is -2.36. The molecule has 0 aliphatic carbocycles. The summed E-state index contributed by atoms with van der Waals surface area (Å²) in [6.07, 6.45) is 4.60. The lowest BCUT2D eigenvalue weighted by atomic mass is 10.0. The maximum atomic E-state index is 12.7. The molecule has 0 radical (unpaired) electrons. The number of carbonyl (C=O) groups is 1. The Morgan fingerprint density at radius 2 is 2.11 bits per heavy atom. The zero-order valence-electron chi connectivity index (χ0n) is 20.4. The number of carbonyl (C=O) groups excluding carboxylic acids is 1. The van der Waals surface area contributed by atoms with Gasteiger partial charge >= 0.3 is 6.09 Å². The van der Waals surface area contributed by atoms with Gasteiger partial charge in [0.05, 0.1) is 16.9 Å². The Balaban J connectivity index is 1.55. The predicted molar refractivity (Wildman–Crippen MR) is 131 cm³/mol. The summed E-state index contributed by atoms with van der Waals surface area (Å²) in [6, 6.07) is 9.60. The Hall–Kier alpha value is -3.97. The summed E-state index contributed by atoms with van der Waals surface area (Å²) >= 11 is 0. The van der Waals surface area contributed by atoms with Crippen LogP contribution >= 0.6 is 0 Å². The molecule has 10 nitrogen and oxygen atoms in total. The van der Waals surface area contributed by atoms with E-state index in [0.717, 1.165) is 24.1 Å². The van der Waals surface area contributed by atoms with Gasteiger partial charge in [-0.3, -0.25) is 9.58 Å². The first-order chi connectivity index (χ1) is 16.8. The van der Waals surface area contributed by atoms with Crippen molar-refractivity contribution < 1.29 is 14.3 Å². The largest absolute Gasteiger partial charge is 0.443 e. The number of amides is 1. The molecule has 182 valence electrons. The maximum absolute atomic E-state index is 12.7. The number of methoxy groups -OCH3 is 1. The van der Waals surface area contributed by atoms with Gasteiger partial charge in [0.15, 0.2) is 5.82 Å². The molecule has 0 spiro atoms. The van der Waals surface area contributed by atoms with E-state index in [2.05, 4.69) is 26.5 Å². The minimum atomic E-state index is -0.614. The van der Waals surface area contributed by atoms with E-state index in [1.54, 1.807) is 30.3 Å². The van der Waals surface area contributed by atoms with Crippen LogP contribution in [0.2, 0.25) is 0 Å². The number of nitrogens with one attached hydrogen (secondary N) is 1. The molecule has 0 saturated carbocycles. The van der Waals surface area contributed by atoms with Crippen LogP contribution < -0.4 is 10.2 Å². The Morgan fingerprint density at radius 3 is 2.86 bits per heavy atom. The van der Waals surface area contributed by atoms with Crippen molar-refractivity contribution in [1.29, 1.82) is 5.26 Å². The molecule has 0 atom stereocenters. The standard InChI is InChI=1S/C25H29N7O3/c1-25(2,3)35-24(33)32-12-7-17-14-18(15-19(16-26)22(17)32)20-6-9-27-23(28-20)29-21-8-11-31(30-21)10-5-13-34-4/h6,8-9,11,14-15H,5,7,10,12-13H2,1-4H3,(H,27,28,29,30). The normalized spacial score (nSPS) is 12.8. The molecule has 4 rings (SSSR count). The molecule has 0 unspecified atom stereocenters.